The van der Waals surface area contributed by atoms with E-state index in [1.807, 2.05) is 52.0 Å². The minimum Gasteiger partial charge on any atom is -0.497 e. The zero-order chi connectivity index (χ0) is 29.3. The van der Waals surface area contributed by atoms with Crippen LogP contribution in [0, 0.1) is 6.92 Å². The lowest BCUT2D eigenvalue weighted by Crippen LogP contribution is -2.53. The maximum atomic E-state index is 14.1. The van der Waals surface area contributed by atoms with Crippen LogP contribution in [0.3, 0.4) is 0 Å². The Bertz CT molecular complexity index is 1360. The first-order valence-electron chi connectivity index (χ1n) is 13.5. The number of nitrogens with zero attached hydrogens (tertiary/aromatic N) is 2. The van der Waals surface area contributed by atoms with Gasteiger partial charge in [-0.05, 0) is 68.7 Å². The lowest BCUT2D eigenvalue weighted by Gasteiger charge is -2.33. The molecule has 9 heteroatoms. The third-order valence-electron chi connectivity index (χ3n) is 6.83. The number of aryl methyl sites for hydroxylation is 1. The van der Waals surface area contributed by atoms with Gasteiger partial charge < -0.3 is 15.0 Å². The van der Waals surface area contributed by atoms with Gasteiger partial charge in [-0.2, -0.15) is 0 Å². The SMILES string of the molecule is CC[C@H](C(=O)N[C@@H](C)CC)N(Cc1ccc(C)cc1)C(=O)CN(c1ccccc1)S(=O)(=O)c1ccc(OC)cc1. The third-order valence-corrected chi connectivity index (χ3v) is 8.62. The summed E-state index contributed by atoms with van der Waals surface area (Å²) >= 11 is 0. The van der Waals surface area contributed by atoms with Crippen LogP contribution in [-0.2, 0) is 26.2 Å². The minimum atomic E-state index is -4.13. The second-order valence-electron chi connectivity index (χ2n) is 9.77. The van der Waals surface area contributed by atoms with Crippen molar-refractivity contribution < 1.29 is 22.7 Å². The van der Waals surface area contributed by atoms with Gasteiger partial charge in [-0.3, -0.25) is 13.9 Å². The molecule has 1 N–H and O–H groups in total. The van der Waals surface area contributed by atoms with Crippen molar-refractivity contribution in [3.63, 3.8) is 0 Å². The highest BCUT2D eigenvalue weighted by molar-refractivity contribution is 7.92. The average molecular weight is 566 g/mol. The van der Waals surface area contributed by atoms with Crippen LogP contribution in [-0.4, -0.2) is 50.9 Å². The van der Waals surface area contributed by atoms with E-state index >= 15 is 0 Å². The summed E-state index contributed by atoms with van der Waals surface area (Å²) in [5.74, 6) is -0.224. The van der Waals surface area contributed by atoms with Crippen LogP contribution >= 0.6 is 0 Å². The highest BCUT2D eigenvalue weighted by atomic mass is 32.2. The molecule has 0 aliphatic rings. The molecule has 0 saturated carbocycles. The lowest BCUT2D eigenvalue weighted by molar-refractivity contribution is -0.140. The number of carbonyl (C=O) groups is 2. The standard InChI is InChI=1S/C31H39N3O5S/c1-6-24(4)32-31(36)29(7-2)33(21-25-15-13-23(3)14-16-25)30(35)22-34(26-11-9-8-10-12-26)40(37,38)28-19-17-27(39-5)18-20-28/h8-20,24,29H,6-7,21-22H2,1-5H3,(H,32,36)/t24-,29+/m0/s1. The Balaban J connectivity index is 2.02. The van der Waals surface area contributed by atoms with E-state index in [9.17, 15) is 18.0 Å². The summed E-state index contributed by atoms with van der Waals surface area (Å²) in [6.45, 7) is 7.40. The number of hydrogen-bond donors (Lipinski definition) is 1. The number of nitrogens with one attached hydrogen (secondary N) is 1. The second-order valence-corrected chi connectivity index (χ2v) is 11.6. The molecule has 0 aliphatic heterocycles. The molecule has 40 heavy (non-hydrogen) atoms. The van der Waals surface area contributed by atoms with E-state index in [0.717, 1.165) is 21.9 Å². The maximum Gasteiger partial charge on any atom is 0.264 e. The molecule has 3 aromatic rings. The van der Waals surface area contributed by atoms with Crippen molar-refractivity contribution in [2.45, 2.75) is 64.1 Å². The van der Waals surface area contributed by atoms with E-state index in [2.05, 4.69) is 5.32 Å². The maximum absolute atomic E-state index is 14.1. The normalized spacial score (nSPS) is 12.7. The molecule has 0 aromatic heterocycles. The number of sulfonamides is 1. The van der Waals surface area contributed by atoms with Gasteiger partial charge >= 0.3 is 0 Å². The number of carbonyl (C=O) groups excluding carboxylic acids is 2. The van der Waals surface area contributed by atoms with E-state index in [0.29, 0.717) is 17.9 Å². The quantitative estimate of drug-likeness (QED) is 0.317. The highest BCUT2D eigenvalue weighted by Gasteiger charge is 2.34. The molecule has 0 aliphatic carbocycles. The highest BCUT2D eigenvalue weighted by Crippen LogP contribution is 2.26. The van der Waals surface area contributed by atoms with Crippen molar-refractivity contribution in [1.82, 2.24) is 10.2 Å². The van der Waals surface area contributed by atoms with Crippen LogP contribution < -0.4 is 14.4 Å². The zero-order valence-corrected chi connectivity index (χ0v) is 24.6. The summed E-state index contributed by atoms with van der Waals surface area (Å²) in [7, 11) is -2.63. The van der Waals surface area contributed by atoms with Crippen LogP contribution in [0.2, 0.25) is 0 Å². The second kappa shape index (κ2) is 14.0. The number of benzene rings is 3. The number of methoxy groups -OCH3 is 1. The lowest BCUT2D eigenvalue weighted by atomic mass is 10.1. The number of para-hydroxylation sites is 1. The zero-order valence-electron chi connectivity index (χ0n) is 23.8. The Morgan fingerprint density at radius 2 is 1.52 bits per heavy atom. The Morgan fingerprint density at radius 3 is 2.08 bits per heavy atom. The average Bonchev–Trinajstić information content (AvgIpc) is 2.96. The van der Waals surface area contributed by atoms with E-state index < -0.39 is 28.5 Å². The first-order valence-corrected chi connectivity index (χ1v) is 14.9. The van der Waals surface area contributed by atoms with Crippen LogP contribution in [0.1, 0.15) is 44.7 Å². The van der Waals surface area contributed by atoms with Crippen molar-refractivity contribution in [2.24, 2.45) is 0 Å². The summed E-state index contributed by atoms with van der Waals surface area (Å²) in [6, 6.07) is 21.4. The molecule has 0 fully saturated rings. The summed E-state index contributed by atoms with van der Waals surface area (Å²) in [4.78, 5) is 28.9. The van der Waals surface area contributed by atoms with Crippen molar-refractivity contribution in [3.05, 3.63) is 90.0 Å². The smallest absolute Gasteiger partial charge is 0.264 e. The van der Waals surface area contributed by atoms with Gasteiger partial charge in [-0.1, -0.05) is 61.9 Å². The molecular formula is C31H39N3O5S. The van der Waals surface area contributed by atoms with Gasteiger partial charge in [0.1, 0.15) is 18.3 Å². The molecule has 3 aromatic carbocycles. The van der Waals surface area contributed by atoms with Crippen LogP contribution in [0.4, 0.5) is 5.69 Å². The molecule has 0 radical (unpaired) electrons. The van der Waals surface area contributed by atoms with Gasteiger partial charge in [0.05, 0.1) is 17.7 Å². The third kappa shape index (κ3) is 7.63. The Hall–Kier alpha value is -3.85. The monoisotopic (exact) mass is 565 g/mol. The fourth-order valence-electron chi connectivity index (χ4n) is 4.25. The fourth-order valence-corrected chi connectivity index (χ4v) is 5.66. The Kier molecular flexibility index (Phi) is 10.7. The molecule has 2 amide bonds. The fraction of sp³-hybridized carbons (Fsp3) is 0.355. The summed E-state index contributed by atoms with van der Waals surface area (Å²) in [5.41, 5.74) is 2.26. The summed E-state index contributed by atoms with van der Waals surface area (Å²) < 4.78 is 34.0. The molecule has 214 valence electrons. The molecule has 3 rings (SSSR count). The van der Waals surface area contributed by atoms with E-state index in [4.69, 9.17) is 4.74 Å². The first kappa shape index (κ1) is 30.7. The first-order chi connectivity index (χ1) is 19.1. The van der Waals surface area contributed by atoms with Gasteiger partial charge in [0.25, 0.3) is 10.0 Å². The van der Waals surface area contributed by atoms with Crippen LogP contribution in [0.25, 0.3) is 0 Å². The molecule has 0 unspecified atom stereocenters. The molecule has 8 nitrogen and oxygen atoms in total. The van der Waals surface area contributed by atoms with E-state index in [1.165, 1.54) is 24.1 Å². The minimum absolute atomic E-state index is 0.0246. The van der Waals surface area contributed by atoms with Crippen molar-refractivity contribution in [3.8, 4) is 5.75 Å². The van der Waals surface area contributed by atoms with Crippen LogP contribution in [0.5, 0.6) is 5.75 Å². The van der Waals surface area contributed by atoms with Crippen molar-refractivity contribution in [2.75, 3.05) is 18.0 Å². The van der Waals surface area contributed by atoms with E-state index in [1.54, 1.807) is 42.5 Å². The number of hydrogen-bond acceptors (Lipinski definition) is 5. The van der Waals surface area contributed by atoms with Gasteiger partial charge in [0.15, 0.2) is 0 Å². The summed E-state index contributed by atoms with van der Waals surface area (Å²) in [5, 5.41) is 2.99. The van der Waals surface area contributed by atoms with Gasteiger partial charge in [0.2, 0.25) is 11.8 Å². The molecule has 2 atom stereocenters. The molecular weight excluding hydrogens is 526 g/mol. The van der Waals surface area contributed by atoms with Crippen LogP contribution in [0.15, 0.2) is 83.8 Å². The largest absolute Gasteiger partial charge is 0.497 e. The van der Waals surface area contributed by atoms with E-state index in [-0.39, 0.29) is 23.4 Å². The predicted molar refractivity (Wildman–Crippen MR) is 158 cm³/mol. The van der Waals surface area contributed by atoms with Gasteiger partial charge in [-0.15, -0.1) is 0 Å². The molecule has 0 spiro atoms. The van der Waals surface area contributed by atoms with Gasteiger partial charge in [-0.25, -0.2) is 8.42 Å². The van der Waals surface area contributed by atoms with Gasteiger partial charge in [0, 0.05) is 12.6 Å². The predicted octanol–water partition coefficient (Wildman–Crippen LogP) is 4.92. The summed E-state index contributed by atoms with van der Waals surface area (Å²) in [6.07, 6.45) is 1.12. The Morgan fingerprint density at radius 1 is 0.900 bits per heavy atom. The van der Waals surface area contributed by atoms with Crippen molar-refractivity contribution in [1.29, 1.82) is 0 Å². The Labute approximate surface area is 238 Å². The number of anilines is 1. The van der Waals surface area contributed by atoms with Crippen molar-refractivity contribution >= 4 is 27.5 Å². The molecule has 0 saturated heterocycles. The number of ether oxygens (including phenoxy) is 1. The molecule has 0 heterocycles. The number of amides is 2. The number of rotatable bonds is 13. The molecule has 0 bridgehead atoms. The topological polar surface area (TPSA) is 96.0 Å².